The molecule has 0 saturated heterocycles. The van der Waals surface area contributed by atoms with Crippen molar-refractivity contribution in [2.45, 2.75) is 42.9 Å². The van der Waals surface area contributed by atoms with Crippen molar-refractivity contribution in [1.82, 2.24) is 9.97 Å². The quantitative estimate of drug-likeness (QED) is 0.462. The summed E-state index contributed by atoms with van der Waals surface area (Å²) in [6, 6.07) is 11.5. The van der Waals surface area contributed by atoms with Gasteiger partial charge in [0.15, 0.2) is 15.7 Å². The van der Waals surface area contributed by atoms with E-state index in [2.05, 4.69) is 15.3 Å². The molecule has 9 heteroatoms. The van der Waals surface area contributed by atoms with Gasteiger partial charge in [0, 0.05) is 11.8 Å². The van der Waals surface area contributed by atoms with E-state index in [0.717, 1.165) is 31.9 Å². The number of anilines is 1. The van der Waals surface area contributed by atoms with E-state index in [0.29, 0.717) is 35.0 Å². The van der Waals surface area contributed by atoms with E-state index in [-0.39, 0.29) is 21.6 Å². The van der Waals surface area contributed by atoms with E-state index in [9.17, 15) is 18.3 Å². The fourth-order valence-electron chi connectivity index (χ4n) is 4.44. The Kier molecular flexibility index (Phi) is 7.19. The summed E-state index contributed by atoms with van der Waals surface area (Å²) >= 11 is 6.27. The van der Waals surface area contributed by atoms with E-state index in [1.807, 2.05) is 0 Å². The van der Waals surface area contributed by atoms with Crippen LogP contribution < -0.4 is 5.32 Å². The minimum Gasteiger partial charge on any atom is -0.507 e. The van der Waals surface area contributed by atoms with E-state index >= 15 is 0 Å². The van der Waals surface area contributed by atoms with Gasteiger partial charge < -0.3 is 10.4 Å². The van der Waals surface area contributed by atoms with Crippen LogP contribution in [0.25, 0.3) is 11.3 Å². The fourth-order valence-corrected chi connectivity index (χ4v) is 5.78. The summed E-state index contributed by atoms with van der Waals surface area (Å²) in [5.74, 6) is 0.0474. The van der Waals surface area contributed by atoms with Gasteiger partial charge in [-0.25, -0.2) is 13.4 Å². The number of nitrogens with one attached hydrogen (secondary N) is 1. The van der Waals surface area contributed by atoms with Crippen molar-refractivity contribution in [3.8, 4) is 17.0 Å². The van der Waals surface area contributed by atoms with Crippen LogP contribution in [-0.2, 0) is 14.6 Å². The number of rotatable bonds is 7. The lowest BCUT2D eigenvalue weighted by Gasteiger charge is -2.21. The zero-order chi connectivity index (χ0) is 24.3. The topological polar surface area (TPSA) is 109 Å². The molecule has 3 aromatic rings. The van der Waals surface area contributed by atoms with Gasteiger partial charge in [0.25, 0.3) is 0 Å². The first kappa shape index (κ1) is 24.2. The lowest BCUT2D eigenvalue weighted by atomic mass is 9.87. The summed E-state index contributed by atoms with van der Waals surface area (Å²) < 4.78 is 23.9. The molecule has 0 radical (unpaired) electrons. The van der Waals surface area contributed by atoms with Crippen molar-refractivity contribution in [1.29, 1.82) is 0 Å². The van der Waals surface area contributed by atoms with Crippen molar-refractivity contribution in [2.75, 3.05) is 11.6 Å². The van der Waals surface area contributed by atoms with Crippen LogP contribution in [0.4, 0.5) is 5.82 Å². The molecule has 7 nitrogen and oxygen atoms in total. The number of phenols is 1. The van der Waals surface area contributed by atoms with Gasteiger partial charge in [-0.3, -0.25) is 9.78 Å². The predicted octanol–water partition coefficient (Wildman–Crippen LogP) is 5.21. The molecule has 1 unspecified atom stereocenters. The van der Waals surface area contributed by atoms with Gasteiger partial charge >= 0.3 is 0 Å². The summed E-state index contributed by atoms with van der Waals surface area (Å²) in [6.45, 7) is 0. The third kappa shape index (κ3) is 5.56. The molecule has 1 atom stereocenters. The number of sulfone groups is 1. The SMILES string of the molecule is CS(=O)(=O)c1ccc(C(CC2CCCC2)C(=O)Nc2cnc(-c3ccccc3O)cn2)cc1Cl. The Morgan fingerprint density at radius 1 is 1.15 bits per heavy atom. The second kappa shape index (κ2) is 10.1. The maximum atomic E-state index is 13.3. The third-order valence-corrected chi connectivity index (χ3v) is 7.78. The van der Waals surface area contributed by atoms with Crippen molar-refractivity contribution in [3.63, 3.8) is 0 Å². The Morgan fingerprint density at radius 2 is 1.88 bits per heavy atom. The van der Waals surface area contributed by atoms with Crippen LogP contribution in [-0.4, -0.2) is 35.7 Å². The zero-order valence-corrected chi connectivity index (χ0v) is 20.3. The second-order valence-corrected chi connectivity index (χ2v) is 11.1. The Balaban J connectivity index is 1.57. The van der Waals surface area contributed by atoms with Crippen LogP contribution in [0.3, 0.4) is 0 Å². The standard InChI is InChI=1S/C25H26ClN3O4S/c1-34(32,33)23-11-10-17(13-20(23)26)19(12-16-6-2-3-7-16)25(31)29-24-15-27-21(14-28-24)18-8-4-5-9-22(18)30/h4-5,8-11,13-16,19,30H,2-3,6-7,12H2,1H3,(H,28,29,31). The molecule has 1 aliphatic carbocycles. The van der Waals surface area contributed by atoms with Crippen molar-refractivity contribution >= 4 is 33.2 Å². The summed E-state index contributed by atoms with van der Waals surface area (Å²) in [5, 5.41) is 13.0. The van der Waals surface area contributed by atoms with Crippen LogP contribution in [0.2, 0.25) is 5.02 Å². The highest BCUT2D eigenvalue weighted by molar-refractivity contribution is 7.90. The predicted molar refractivity (Wildman–Crippen MR) is 132 cm³/mol. The van der Waals surface area contributed by atoms with Crippen molar-refractivity contribution in [3.05, 3.63) is 65.4 Å². The molecule has 1 fully saturated rings. The van der Waals surface area contributed by atoms with Gasteiger partial charge in [-0.1, -0.05) is 55.5 Å². The van der Waals surface area contributed by atoms with Crippen molar-refractivity contribution in [2.24, 2.45) is 5.92 Å². The number of phenolic OH excluding ortho intramolecular Hbond substituents is 1. The molecule has 4 rings (SSSR count). The van der Waals surface area contributed by atoms with Gasteiger partial charge in [-0.2, -0.15) is 0 Å². The van der Waals surface area contributed by atoms with Crippen LogP contribution in [0, 0.1) is 5.92 Å². The molecule has 1 heterocycles. The summed E-state index contributed by atoms with van der Waals surface area (Å²) in [5.41, 5.74) is 1.70. The lowest BCUT2D eigenvalue weighted by molar-refractivity contribution is -0.118. The number of amides is 1. The molecule has 178 valence electrons. The summed E-state index contributed by atoms with van der Waals surface area (Å²) in [7, 11) is -3.47. The van der Waals surface area contributed by atoms with Gasteiger partial charge in [-0.05, 0) is 42.2 Å². The Bertz CT molecular complexity index is 1290. The molecule has 0 spiro atoms. The lowest BCUT2D eigenvalue weighted by Crippen LogP contribution is -2.24. The van der Waals surface area contributed by atoms with Crippen LogP contribution in [0.5, 0.6) is 5.75 Å². The van der Waals surface area contributed by atoms with Gasteiger partial charge in [0.1, 0.15) is 5.75 Å². The zero-order valence-electron chi connectivity index (χ0n) is 18.7. The average Bonchev–Trinajstić information content (AvgIpc) is 3.31. The normalized spacial score (nSPS) is 15.2. The Morgan fingerprint density at radius 3 is 2.50 bits per heavy atom. The van der Waals surface area contributed by atoms with E-state index in [1.54, 1.807) is 36.4 Å². The molecule has 1 saturated carbocycles. The number of aromatic nitrogens is 2. The minimum atomic E-state index is -3.47. The first-order valence-corrected chi connectivity index (χ1v) is 13.4. The third-order valence-electron chi connectivity index (χ3n) is 6.20. The number of carbonyl (C=O) groups excluding carboxylic acids is 1. The first-order valence-electron chi connectivity index (χ1n) is 11.1. The summed E-state index contributed by atoms with van der Waals surface area (Å²) in [6.07, 6.45) is 9.11. The number of hydrogen-bond acceptors (Lipinski definition) is 6. The molecule has 1 amide bonds. The molecular formula is C25H26ClN3O4S. The largest absolute Gasteiger partial charge is 0.507 e. The molecular weight excluding hydrogens is 474 g/mol. The minimum absolute atomic E-state index is 0.0450. The highest BCUT2D eigenvalue weighted by Gasteiger charge is 2.28. The van der Waals surface area contributed by atoms with Crippen molar-refractivity contribution < 1.29 is 18.3 Å². The Hall–Kier alpha value is -2.97. The van der Waals surface area contributed by atoms with Gasteiger partial charge in [0.2, 0.25) is 5.91 Å². The number of para-hydroxylation sites is 1. The number of carbonyl (C=O) groups is 1. The monoisotopic (exact) mass is 499 g/mol. The van der Waals surface area contributed by atoms with Crippen LogP contribution in [0.1, 0.15) is 43.6 Å². The number of nitrogens with zero attached hydrogens (tertiary/aromatic N) is 2. The average molecular weight is 500 g/mol. The molecule has 0 aliphatic heterocycles. The molecule has 34 heavy (non-hydrogen) atoms. The van der Waals surface area contributed by atoms with Gasteiger partial charge in [0.05, 0.1) is 33.9 Å². The smallest absolute Gasteiger partial charge is 0.233 e. The highest BCUT2D eigenvalue weighted by Crippen LogP contribution is 2.36. The fraction of sp³-hybridized carbons (Fsp3) is 0.320. The molecule has 2 aromatic carbocycles. The van der Waals surface area contributed by atoms with Crippen LogP contribution >= 0.6 is 11.6 Å². The molecule has 2 N–H and O–H groups in total. The first-order chi connectivity index (χ1) is 16.2. The molecule has 1 aliphatic rings. The number of halogens is 1. The molecule has 1 aromatic heterocycles. The number of hydrogen-bond donors (Lipinski definition) is 2. The molecule has 0 bridgehead atoms. The number of benzene rings is 2. The van der Waals surface area contributed by atoms with Gasteiger partial charge in [-0.15, -0.1) is 0 Å². The van der Waals surface area contributed by atoms with E-state index in [1.165, 1.54) is 18.5 Å². The number of aromatic hydroxyl groups is 1. The maximum absolute atomic E-state index is 13.3. The maximum Gasteiger partial charge on any atom is 0.233 e. The Labute approximate surface area is 204 Å². The summed E-state index contributed by atoms with van der Waals surface area (Å²) in [4.78, 5) is 22.0. The van der Waals surface area contributed by atoms with E-state index in [4.69, 9.17) is 11.6 Å². The van der Waals surface area contributed by atoms with E-state index < -0.39 is 15.8 Å². The highest BCUT2D eigenvalue weighted by atomic mass is 35.5. The second-order valence-electron chi connectivity index (χ2n) is 8.69. The van der Waals surface area contributed by atoms with Crippen LogP contribution in [0.15, 0.2) is 59.8 Å².